The van der Waals surface area contributed by atoms with Gasteiger partial charge in [0.2, 0.25) is 0 Å². The molecular weight excluding hydrogens is 144 g/mol. The van der Waals surface area contributed by atoms with Crippen molar-refractivity contribution in [2.45, 2.75) is 12.5 Å². The third kappa shape index (κ3) is 1.69. The van der Waals surface area contributed by atoms with E-state index in [1.165, 1.54) is 0 Å². The molecule has 0 aliphatic carbocycles. The van der Waals surface area contributed by atoms with Gasteiger partial charge in [-0.15, -0.1) is 17.9 Å². The Kier molecular flexibility index (Phi) is 2.66. The zero-order valence-electron chi connectivity index (χ0n) is 5.66. The van der Waals surface area contributed by atoms with Gasteiger partial charge in [0.1, 0.15) is 0 Å². The molecule has 54 valence electrons. The summed E-state index contributed by atoms with van der Waals surface area (Å²) in [7, 11) is 0. The van der Waals surface area contributed by atoms with Gasteiger partial charge in [0.05, 0.1) is 6.10 Å². The van der Waals surface area contributed by atoms with E-state index in [-0.39, 0.29) is 6.10 Å². The SMILES string of the molecule is C=CC[C@H](O)c1cccs1. The van der Waals surface area contributed by atoms with Gasteiger partial charge in [0.15, 0.2) is 0 Å². The average Bonchev–Trinajstić information content (AvgIpc) is 2.38. The summed E-state index contributed by atoms with van der Waals surface area (Å²) in [5.74, 6) is 0. The quantitative estimate of drug-likeness (QED) is 0.663. The van der Waals surface area contributed by atoms with Gasteiger partial charge < -0.3 is 5.11 Å². The van der Waals surface area contributed by atoms with Crippen LogP contribution in [0.1, 0.15) is 17.4 Å². The highest BCUT2D eigenvalue weighted by atomic mass is 32.1. The molecule has 0 unspecified atom stereocenters. The lowest BCUT2D eigenvalue weighted by atomic mass is 10.2. The summed E-state index contributed by atoms with van der Waals surface area (Å²) in [4.78, 5) is 1.01. The van der Waals surface area contributed by atoms with Gasteiger partial charge in [-0.05, 0) is 17.9 Å². The van der Waals surface area contributed by atoms with Crippen LogP contribution in [0.2, 0.25) is 0 Å². The molecule has 0 radical (unpaired) electrons. The fraction of sp³-hybridized carbons (Fsp3) is 0.250. The second kappa shape index (κ2) is 3.54. The van der Waals surface area contributed by atoms with Crippen LogP contribution in [0.25, 0.3) is 0 Å². The van der Waals surface area contributed by atoms with Crippen molar-refractivity contribution in [1.29, 1.82) is 0 Å². The van der Waals surface area contributed by atoms with Crippen LogP contribution >= 0.6 is 11.3 Å². The Labute approximate surface area is 64.6 Å². The summed E-state index contributed by atoms with van der Waals surface area (Å²) in [6.07, 6.45) is 2.02. The van der Waals surface area contributed by atoms with Crippen molar-refractivity contribution < 1.29 is 5.11 Å². The van der Waals surface area contributed by atoms with Crippen molar-refractivity contribution in [2.75, 3.05) is 0 Å². The van der Waals surface area contributed by atoms with Gasteiger partial charge in [-0.2, -0.15) is 0 Å². The summed E-state index contributed by atoms with van der Waals surface area (Å²) in [6, 6.07) is 3.87. The van der Waals surface area contributed by atoms with E-state index in [2.05, 4.69) is 6.58 Å². The zero-order valence-corrected chi connectivity index (χ0v) is 6.47. The Morgan fingerprint density at radius 1 is 1.80 bits per heavy atom. The maximum atomic E-state index is 9.35. The van der Waals surface area contributed by atoms with Gasteiger partial charge in [0.25, 0.3) is 0 Å². The van der Waals surface area contributed by atoms with Crippen LogP contribution in [0.15, 0.2) is 30.2 Å². The largest absolute Gasteiger partial charge is 0.387 e. The van der Waals surface area contributed by atoms with E-state index in [1.807, 2.05) is 17.5 Å². The van der Waals surface area contributed by atoms with Gasteiger partial charge in [0, 0.05) is 4.88 Å². The molecule has 2 heteroatoms. The molecule has 0 saturated heterocycles. The summed E-state index contributed by atoms with van der Waals surface area (Å²) >= 11 is 1.57. The maximum absolute atomic E-state index is 9.35. The molecule has 0 spiro atoms. The van der Waals surface area contributed by atoms with E-state index in [4.69, 9.17) is 0 Å². The first kappa shape index (κ1) is 7.51. The first-order valence-corrected chi connectivity index (χ1v) is 4.05. The van der Waals surface area contributed by atoms with Gasteiger partial charge >= 0.3 is 0 Å². The molecule has 0 fully saturated rings. The first-order chi connectivity index (χ1) is 4.84. The van der Waals surface area contributed by atoms with E-state index in [0.29, 0.717) is 6.42 Å². The van der Waals surface area contributed by atoms with E-state index in [0.717, 1.165) is 4.88 Å². The van der Waals surface area contributed by atoms with Crippen LogP contribution in [-0.4, -0.2) is 5.11 Å². The van der Waals surface area contributed by atoms with E-state index in [9.17, 15) is 5.11 Å². The fourth-order valence-corrected chi connectivity index (χ4v) is 1.48. The Bertz CT molecular complexity index is 191. The number of aliphatic hydroxyl groups excluding tert-OH is 1. The van der Waals surface area contributed by atoms with Gasteiger partial charge in [-0.1, -0.05) is 12.1 Å². The average molecular weight is 154 g/mol. The molecule has 0 amide bonds. The van der Waals surface area contributed by atoms with Gasteiger partial charge in [-0.3, -0.25) is 0 Å². The minimum atomic E-state index is -0.350. The van der Waals surface area contributed by atoms with Crippen molar-refractivity contribution in [3.63, 3.8) is 0 Å². The van der Waals surface area contributed by atoms with Crippen LogP contribution in [0.3, 0.4) is 0 Å². The molecule has 0 aliphatic rings. The summed E-state index contributed by atoms with van der Waals surface area (Å²) in [6.45, 7) is 3.56. The summed E-state index contributed by atoms with van der Waals surface area (Å²) in [5, 5.41) is 11.3. The van der Waals surface area contributed by atoms with Crippen LogP contribution in [0, 0.1) is 0 Å². The lowest BCUT2D eigenvalue weighted by molar-refractivity contribution is 0.185. The number of hydrogen-bond donors (Lipinski definition) is 1. The van der Waals surface area contributed by atoms with E-state index in [1.54, 1.807) is 17.4 Å². The first-order valence-electron chi connectivity index (χ1n) is 3.17. The topological polar surface area (TPSA) is 20.2 Å². The Morgan fingerprint density at radius 2 is 2.60 bits per heavy atom. The molecule has 1 aromatic heterocycles. The molecule has 1 atom stereocenters. The lowest BCUT2D eigenvalue weighted by Crippen LogP contribution is -1.90. The highest BCUT2D eigenvalue weighted by Crippen LogP contribution is 2.21. The predicted octanol–water partition coefficient (Wildman–Crippen LogP) is 2.36. The van der Waals surface area contributed by atoms with E-state index < -0.39 is 0 Å². The van der Waals surface area contributed by atoms with Crippen molar-refractivity contribution >= 4 is 11.3 Å². The van der Waals surface area contributed by atoms with Crippen molar-refractivity contribution in [2.24, 2.45) is 0 Å². The predicted molar refractivity (Wildman–Crippen MR) is 44.1 cm³/mol. The normalized spacial score (nSPS) is 12.9. The number of aliphatic hydroxyl groups is 1. The molecule has 1 N–H and O–H groups in total. The molecular formula is C8H10OS. The van der Waals surface area contributed by atoms with E-state index >= 15 is 0 Å². The third-order valence-corrected chi connectivity index (χ3v) is 2.24. The van der Waals surface area contributed by atoms with Crippen molar-refractivity contribution in [3.8, 4) is 0 Å². The number of thiophene rings is 1. The summed E-state index contributed by atoms with van der Waals surface area (Å²) < 4.78 is 0. The second-order valence-electron chi connectivity index (χ2n) is 2.06. The number of rotatable bonds is 3. The third-order valence-electron chi connectivity index (χ3n) is 1.26. The molecule has 1 rings (SSSR count). The molecule has 1 heterocycles. The molecule has 0 bridgehead atoms. The van der Waals surface area contributed by atoms with Crippen molar-refractivity contribution in [3.05, 3.63) is 35.0 Å². The zero-order chi connectivity index (χ0) is 7.40. The van der Waals surface area contributed by atoms with Crippen LogP contribution < -0.4 is 0 Å². The molecule has 1 nitrogen and oxygen atoms in total. The van der Waals surface area contributed by atoms with Crippen LogP contribution in [0.5, 0.6) is 0 Å². The molecule has 0 aromatic carbocycles. The van der Waals surface area contributed by atoms with Crippen LogP contribution in [-0.2, 0) is 0 Å². The summed E-state index contributed by atoms with van der Waals surface area (Å²) in [5.41, 5.74) is 0. The molecule has 1 aromatic rings. The molecule has 10 heavy (non-hydrogen) atoms. The minimum absolute atomic E-state index is 0.350. The standard InChI is InChI=1S/C8H10OS/c1-2-4-7(9)8-5-3-6-10-8/h2-3,5-7,9H,1,4H2/t7-/m0/s1. The smallest absolute Gasteiger partial charge is 0.0916 e. The second-order valence-corrected chi connectivity index (χ2v) is 3.03. The fourth-order valence-electron chi connectivity index (χ4n) is 0.755. The highest BCUT2D eigenvalue weighted by molar-refractivity contribution is 7.10. The highest BCUT2D eigenvalue weighted by Gasteiger charge is 2.04. The Balaban J connectivity index is 2.58. The molecule has 0 saturated carbocycles. The Hall–Kier alpha value is -0.600. The van der Waals surface area contributed by atoms with Crippen molar-refractivity contribution in [1.82, 2.24) is 0 Å². The lowest BCUT2D eigenvalue weighted by Gasteiger charge is -2.02. The molecule has 0 aliphatic heterocycles. The number of hydrogen-bond acceptors (Lipinski definition) is 2. The monoisotopic (exact) mass is 154 g/mol. The Morgan fingerprint density at radius 3 is 3.10 bits per heavy atom. The maximum Gasteiger partial charge on any atom is 0.0916 e. The van der Waals surface area contributed by atoms with Gasteiger partial charge in [-0.25, -0.2) is 0 Å². The minimum Gasteiger partial charge on any atom is -0.387 e. The van der Waals surface area contributed by atoms with Crippen LogP contribution in [0.4, 0.5) is 0 Å².